The monoisotopic (exact) mass is 289 g/mol. The topological polar surface area (TPSA) is 28.2 Å². The second-order valence-corrected chi connectivity index (χ2v) is 6.03. The molecule has 0 aromatic carbocycles. The zero-order valence-corrected chi connectivity index (χ0v) is 13.1. The highest BCUT2D eigenvalue weighted by molar-refractivity contribution is 7.11. The van der Waals surface area contributed by atoms with Gasteiger partial charge in [-0.25, -0.2) is 0 Å². The van der Waals surface area contributed by atoms with Crippen LogP contribution in [0.25, 0.3) is 0 Å². The van der Waals surface area contributed by atoms with Crippen LogP contribution < -0.4 is 5.32 Å². The second kappa shape index (κ2) is 8.15. The minimum absolute atomic E-state index is 0.914. The summed E-state index contributed by atoms with van der Waals surface area (Å²) in [5, 5.41) is 3.37. The van der Waals surface area contributed by atoms with Crippen molar-refractivity contribution in [2.75, 3.05) is 13.1 Å². The maximum absolute atomic E-state index is 4.41. The zero-order valence-electron chi connectivity index (χ0n) is 12.3. The van der Waals surface area contributed by atoms with Crippen LogP contribution in [0.5, 0.6) is 0 Å². The van der Waals surface area contributed by atoms with Crippen LogP contribution in [0.15, 0.2) is 36.5 Å². The molecule has 1 N–H and O–H groups in total. The van der Waals surface area contributed by atoms with E-state index in [1.54, 1.807) is 0 Å². The van der Waals surface area contributed by atoms with Crippen molar-refractivity contribution >= 4 is 11.3 Å². The number of hydrogen-bond donors (Lipinski definition) is 1. The normalized spacial score (nSPS) is 11.2. The summed E-state index contributed by atoms with van der Waals surface area (Å²) in [5.41, 5.74) is 1.14. The van der Waals surface area contributed by atoms with E-state index in [0.717, 1.165) is 38.4 Å². The molecule has 3 nitrogen and oxygen atoms in total. The molecule has 2 rings (SSSR count). The van der Waals surface area contributed by atoms with Gasteiger partial charge in [-0.1, -0.05) is 19.9 Å². The van der Waals surface area contributed by atoms with Gasteiger partial charge in [0.15, 0.2) is 0 Å². The summed E-state index contributed by atoms with van der Waals surface area (Å²) in [6.07, 6.45) is 1.86. The van der Waals surface area contributed by atoms with Gasteiger partial charge in [0.05, 0.1) is 5.69 Å². The predicted octanol–water partition coefficient (Wildman–Crippen LogP) is 3.27. The smallest absolute Gasteiger partial charge is 0.0544 e. The lowest BCUT2D eigenvalue weighted by molar-refractivity contribution is 0.270. The number of thiophene rings is 1. The molecule has 0 fully saturated rings. The summed E-state index contributed by atoms with van der Waals surface area (Å²) in [4.78, 5) is 9.67. The van der Waals surface area contributed by atoms with E-state index in [-0.39, 0.29) is 0 Å². The zero-order chi connectivity index (χ0) is 14.2. The fourth-order valence-corrected chi connectivity index (χ4v) is 3.10. The summed E-state index contributed by atoms with van der Waals surface area (Å²) >= 11 is 1.90. The highest BCUT2D eigenvalue weighted by Gasteiger charge is 2.07. The largest absolute Gasteiger partial charge is 0.312 e. The van der Waals surface area contributed by atoms with Gasteiger partial charge in [0.1, 0.15) is 0 Å². The van der Waals surface area contributed by atoms with Crippen LogP contribution in [0, 0.1) is 0 Å². The molecule has 0 aliphatic rings. The maximum atomic E-state index is 4.41. The molecule has 0 atom stereocenters. The number of nitrogens with zero attached hydrogens (tertiary/aromatic N) is 2. The lowest BCUT2D eigenvalue weighted by Gasteiger charge is -2.18. The predicted molar refractivity (Wildman–Crippen MR) is 85.7 cm³/mol. The molecule has 2 aromatic heterocycles. The first-order chi connectivity index (χ1) is 9.81. The Morgan fingerprint density at radius 2 is 1.95 bits per heavy atom. The number of rotatable bonds is 8. The lowest BCUT2D eigenvalue weighted by atomic mass is 10.3. The van der Waals surface area contributed by atoms with Crippen molar-refractivity contribution in [2.24, 2.45) is 0 Å². The van der Waals surface area contributed by atoms with E-state index in [1.807, 2.05) is 23.6 Å². The molecule has 0 aliphatic carbocycles. The Balaban J connectivity index is 1.91. The minimum atomic E-state index is 0.914. The minimum Gasteiger partial charge on any atom is -0.312 e. The molecule has 20 heavy (non-hydrogen) atoms. The Bertz CT molecular complexity index is 495. The first-order valence-electron chi connectivity index (χ1n) is 7.22. The number of nitrogens with one attached hydrogen (secondary N) is 1. The lowest BCUT2D eigenvalue weighted by Crippen LogP contribution is -2.22. The van der Waals surface area contributed by atoms with Crippen LogP contribution in [-0.2, 0) is 19.6 Å². The van der Waals surface area contributed by atoms with E-state index in [4.69, 9.17) is 0 Å². The molecule has 0 unspecified atom stereocenters. The Hall–Kier alpha value is -1.23. The van der Waals surface area contributed by atoms with Crippen molar-refractivity contribution in [2.45, 2.75) is 33.5 Å². The highest BCUT2D eigenvalue weighted by Crippen LogP contribution is 2.19. The standard InChI is InChI=1S/C16H23N3S/c1-3-17-11-15-8-9-16(20-15)13-19(4-2)12-14-7-5-6-10-18-14/h5-10,17H,3-4,11-13H2,1-2H3. The molecular formula is C16H23N3S. The summed E-state index contributed by atoms with van der Waals surface area (Å²) in [7, 11) is 0. The van der Waals surface area contributed by atoms with E-state index >= 15 is 0 Å². The first kappa shape index (κ1) is 15.2. The Morgan fingerprint density at radius 3 is 2.65 bits per heavy atom. The third kappa shape index (κ3) is 4.71. The quantitative estimate of drug-likeness (QED) is 0.808. The van der Waals surface area contributed by atoms with Crippen LogP contribution in [0.3, 0.4) is 0 Å². The van der Waals surface area contributed by atoms with Gasteiger partial charge >= 0.3 is 0 Å². The Labute approximate surface area is 125 Å². The van der Waals surface area contributed by atoms with Gasteiger partial charge in [-0.3, -0.25) is 9.88 Å². The fraction of sp³-hybridized carbons (Fsp3) is 0.438. The molecule has 108 valence electrons. The second-order valence-electron chi connectivity index (χ2n) is 4.77. The molecule has 4 heteroatoms. The molecule has 0 amide bonds. The molecule has 0 bridgehead atoms. The molecule has 0 aliphatic heterocycles. The van der Waals surface area contributed by atoms with Crippen molar-refractivity contribution in [1.82, 2.24) is 15.2 Å². The van der Waals surface area contributed by atoms with Crippen molar-refractivity contribution in [3.63, 3.8) is 0 Å². The van der Waals surface area contributed by atoms with Gasteiger partial charge in [0.25, 0.3) is 0 Å². The summed E-state index contributed by atoms with van der Waals surface area (Å²) < 4.78 is 0. The van der Waals surface area contributed by atoms with Crippen LogP contribution in [0.2, 0.25) is 0 Å². The van der Waals surface area contributed by atoms with E-state index in [0.29, 0.717) is 0 Å². The van der Waals surface area contributed by atoms with Gasteiger partial charge in [-0.2, -0.15) is 0 Å². The number of aromatic nitrogens is 1. The Kier molecular flexibility index (Phi) is 6.18. The van der Waals surface area contributed by atoms with Gasteiger partial charge in [-0.05, 0) is 37.4 Å². The average Bonchev–Trinajstić information content (AvgIpc) is 2.93. The molecule has 0 saturated carbocycles. The van der Waals surface area contributed by atoms with E-state index in [9.17, 15) is 0 Å². The summed E-state index contributed by atoms with van der Waals surface area (Å²) in [6.45, 7) is 9.30. The van der Waals surface area contributed by atoms with Crippen molar-refractivity contribution in [3.8, 4) is 0 Å². The third-order valence-corrected chi connectivity index (χ3v) is 4.27. The van der Waals surface area contributed by atoms with E-state index < -0.39 is 0 Å². The van der Waals surface area contributed by atoms with Crippen LogP contribution in [-0.4, -0.2) is 23.0 Å². The third-order valence-electron chi connectivity index (χ3n) is 3.20. The van der Waals surface area contributed by atoms with Crippen molar-refractivity contribution in [3.05, 3.63) is 52.0 Å². The summed E-state index contributed by atoms with van der Waals surface area (Å²) in [6, 6.07) is 10.6. The number of pyridine rings is 1. The maximum Gasteiger partial charge on any atom is 0.0544 e. The molecule has 0 radical (unpaired) electrons. The molecule has 2 heterocycles. The van der Waals surface area contributed by atoms with Gasteiger partial charge in [0, 0.05) is 35.6 Å². The van der Waals surface area contributed by atoms with Crippen LogP contribution in [0.4, 0.5) is 0 Å². The van der Waals surface area contributed by atoms with Crippen LogP contribution in [0.1, 0.15) is 29.3 Å². The van der Waals surface area contributed by atoms with E-state index in [2.05, 4.69) is 53.3 Å². The molecule has 0 saturated heterocycles. The molecule has 0 spiro atoms. The first-order valence-corrected chi connectivity index (χ1v) is 8.04. The fourth-order valence-electron chi connectivity index (χ4n) is 2.07. The average molecular weight is 289 g/mol. The Morgan fingerprint density at radius 1 is 1.10 bits per heavy atom. The number of hydrogen-bond acceptors (Lipinski definition) is 4. The van der Waals surface area contributed by atoms with Gasteiger partial charge < -0.3 is 5.32 Å². The van der Waals surface area contributed by atoms with Crippen LogP contribution >= 0.6 is 11.3 Å². The highest BCUT2D eigenvalue weighted by atomic mass is 32.1. The molecule has 2 aromatic rings. The molecular weight excluding hydrogens is 266 g/mol. The van der Waals surface area contributed by atoms with E-state index in [1.165, 1.54) is 9.75 Å². The SMILES string of the molecule is CCNCc1ccc(CN(CC)Cc2ccccn2)s1. The van der Waals surface area contributed by atoms with Crippen molar-refractivity contribution < 1.29 is 0 Å². The summed E-state index contributed by atoms with van der Waals surface area (Å²) in [5.74, 6) is 0. The van der Waals surface area contributed by atoms with Crippen molar-refractivity contribution in [1.29, 1.82) is 0 Å². The van der Waals surface area contributed by atoms with Gasteiger partial charge in [0.2, 0.25) is 0 Å². The van der Waals surface area contributed by atoms with Gasteiger partial charge in [-0.15, -0.1) is 11.3 Å².